The number of ether oxygens (including phenoxy) is 1. The van der Waals surface area contributed by atoms with E-state index in [4.69, 9.17) is 21.9 Å². The second kappa shape index (κ2) is 8.91. The highest BCUT2D eigenvalue weighted by molar-refractivity contribution is 8.26. The third kappa shape index (κ3) is 4.09. The van der Waals surface area contributed by atoms with Crippen LogP contribution in [0.2, 0.25) is 0 Å². The van der Waals surface area contributed by atoms with Crippen LogP contribution in [0.4, 0.5) is 10.6 Å². The van der Waals surface area contributed by atoms with Gasteiger partial charge in [0.15, 0.2) is 0 Å². The maximum Gasteiger partial charge on any atom is 0.409 e. The molecule has 2 aliphatic heterocycles. The molecule has 9 nitrogen and oxygen atoms in total. The molecule has 2 aromatic heterocycles. The van der Waals surface area contributed by atoms with Gasteiger partial charge in [-0.25, -0.2) is 9.78 Å². The van der Waals surface area contributed by atoms with E-state index in [-0.39, 0.29) is 17.6 Å². The average molecular weight is 474 g/mol. The molecule has 0 aromatic carbocycles. The van der Waals surface area contributed by atoms with Crippen LogP contribution in [-0.2, 0) is 9.53 Å². The predicted molar refractivity (Wildman–Crippen MR) is 128 cm³/mol. The Labute approximate surface area is 194 Å². The first kappa shape index (κ1) is 22.3. The Bertz CT molecular complexity index is 1200. The molecule has 168 valence electrons. The number of pyridine rings is 1. The Balaban J connectivity index is 1.77. The molecule has 4 heterocycles. The zero-order valence-corrected chi connectivity index (χ0v) is 19.7. The van der Waals surface area contributed by atoms with Gasteiger partial charge in [-0.2, -0.15) is 0 Å². The molecule has 0 unspecified atom stereocenters. The van der Waals surface area contributed by atoms with E-state index in [1.54, 1.807) is 37.2 Å². The number of fused-ring (bicyclic) bond motifs is 1. The molecule has 2 aromatic rings. The molecule has 32 heavy (non-hydrogen) atoms. The number of hydrogen-bond acceptors (Lipinski definition) is 8. The van der Waals surface area contributed by atoms with Gasteiger partial charge in [0.25, 0.3) is 11.5 Å². The molecule has 0 atom stereocenters. The van der Waals surface area contributed by atoms with E-state index in [0.29, 0.717) is 59.0 Å². The molecule has 11 heteroatoms. The number of anilines is 1. The lowest BCUT2D eigenvalue weighted by atomic mass is 10.2. The Morgan fingerprint density at radius 3 is 2.59 bits per heavy atom. The minimum Gasteiger partial charge on any atom is -0.450 e. The van der Waals surface area contributed by atoms with E-state index in [2.05, 4.69) is 0 Å². The third-order valence-corrected chi connectivity index (χ3v) is 6.84. The van der Waals surface area contributed by atoms with Crippen LogP contribution in [0.1, 0.15) is 18.1 Å². The van der Waals surface area contributed by atoms with Crippen molar-refractivity contribution in [1.29, 1.82) is 0 Å². The number of aromatic nitrogens is 2. The standard InChI is InChI=1S/C21H23N5O4S2/c1-4-30-20(29)25-9-7-24(8-10-25)17-14(11-15-19(28)23(3)21(31)32-15)18(27)26-12-13(2)5-6-16(26)22-17/h5-6,11-12H,4,7-10H2,1-3H3/b15-11-. The van der Waals surface area contributed by atoms with E-state index < -0.39 is 0 Å². The lowest BCUT2D eigenvalue weighted by Gasteiger charge is -2.35. The number of hydrogen-bond donors (Lipinski definition) is 0. The van der Waals surface area contributed by atoms with Gasteiger partial charge in [0.05, 0.1) is 17.1 Å². The van der Waals surface area contributed by atoms with Gasteiger partial charge in [-0.1, -0.05) is 30.0 Å². The summed E-state index contributed by atoms with van der Waals surface area (Å²) in [5.74, 6) is 0.246. The van der Waals surface area contributed by atoms with Crippen LogP contribution in [0.25, 0.3) is 11.7 Å². The van der Waals surface area contributed by atoms with E-state index in [0.717, 1.165) is 17.3 Å². The zero-order valence-electron chi connectivity index (χ0n) is 18.0. The average Bonchev–Trinajstić information content (AvgIpc) is 3.02. The normalized spacial score (nSPS) is 18.2. The van der Waals surface area contributed by atoms with Gasteiger partial charge in [0.2, 0.25) is 0 Å². The van der Waals surface area contributed by atoms with Gasteiger partial charge in [-0.05, 0) is 31.6 Å². The number of thiocarbonyl (C=S) groups is 1. The van der Waals surface area contributed by atoms with E-state index in [9.17, 15) is 14.4 Å². The fourth-order valence-corrected chi connectivity index (χ4v) is 4.77. The maximum absolute atomic E-state index is 13.5. The van der Waals surface area contributed by atoms with Crippen molar-refractivity contribution in [3.8, 4) is 0 Å². The molecule has 0 aliphatic carbocycles. The van der Waals surface area contributed by atoms with Crippen LogP contribution in [0, 0.1) is 6.92 Å². The SMILES string of the molecule is CCOC(=O)N1CCN(c2nc3ccc(C)cn3c(=O)c2/C=C2\SC(=S)N(C)C2=O)CC1. The van der Waals surface area contributed by atoms with Crippen molar-refractivity contribution in [3.63, 3.8) is 0 Å². The maximum atomic E-state index is 13.5. The summed E-state index contributed by atoms with van der Waals surface area (Å²) in [7, 11) is 1.61. The number of amides is 2. The van der Waals surface area contributed by atoms with Crippen molar-refractivity contribution in [2.45, 2.75) is 13.8 Å². The smallest absolute Gasteiger partial charge is 0.409 e. The summed E-state index contributed by atoms with van der Waals surface area (Å²) in [6.45, 7) is 5.87. The molecule has 0 saturated carbocycles. The van der Waals surface area contributed by atoms with Gasteiger partial charge in [-0.3, -0.25) is 18.9 Å². The van der Waals surface area contributed by atoms with Crippen molar-refractivity contribution in [1.82, 2.24) is 19.2 Å². The van der Waals surface area contributed by atoms with Crippen molar-refractivity contribution in [2.24, 2.45) is 0 Å². The largest absolute Gasteiger partial charge is 0.450 e. The molecular formula is C21H23N5O4S2. The van der Waals surface area contributed by atoms with Gasteiger partial charge in [0, 0.05) is 39.4 Å². The Morgan fingerprint density at radius 1 is 1.25 bits per heavy atom. The van der Waals surface area contributed by atoms with Gasteiger partial charge < -0.3 is 14.5 Å². The first-order valence-corrected chi connectivity index (χ1v) is 11.4. The Kier molecular flexibility index (Phi) is 6.20. The van der Waals surface area contributed by atoms with Crippen molar-refractivity contribution < 1.29 is 14.3 Å². The molecule has 0 spiro atoms. The Morgan fingerprint density at radius 2 is 1.97 bits per heavy atom. The van der Waals surface area contributed by atoms with Crippen molar-refractivity contribution in [2.75, 3.05) is 44.7 Å². The summed E-state index contributed by atoms with van der Waals surface area (Å²) < 4.78 is 7.02. The van der Waals surface area contributed by atoms with Crippen LogP contribution in [0.3, 0.4) is 0 Å². The molecule has 2 aliphatic rings. The molecule has 0 radical (unpaired) electrons. The topological polar surface area (TPSA) is 87.5 Å². The van der Waals surface area contributed by atoms with E-state index >= 15 is 0 Å². The summed E-state index contributed by atoms with van der Waals surface area (Å²) in [6.07, 6.45) is 2.97. The molecule has 4 rings (SSSR count). The summed E-state index contributed by atoms with van der Waals surface area (Å²) in [6, 6.07) is 3.69. The highest BCUT2D eigenvalue weighted by atomic mass is 32.2. The quantitative estimate of drug-likeness (QED) is 0.495. The monoisotopic (exact) mass is 473 g/mol. The third-order valence-electron chi connectivity index (χ3n) is 5.35. The number of piperazine rings is 1. The summed E-state index contributed by atoms with van der Waals surface area (Å²) >= 11 is 6.39. The summed E-state index contributed by atoms with van der Waals surface area (Å²) in [4.78, 5) is 48.2. The van der Waals surface area contributed by atoms with Gasteiger partial charge >= 0.3 is 6.09 Å². The number of thioether (sulfide) groups is 1. The first-order valence-electron chi connectivity index (χ1n) is 10.2. The minimum absolute atomic E-state index is 0.244. The zero-order chi connectivity index (χ0) is 23.0. The molecule has 2 fully saturated rings. The number of likely N-dealkylation sites (N-methyl/N-ethyl adjacent to an activating group) is 1. The van der Waals surface area contributed by atoms with Crippen molar-refractivity contribution in [3.05, 3.63) is 44.7 Å². The molecular weight excluding hydrogens is 450 g/mol. The second-order valence-electron chi connectivity index (χ2n) is 7.50. The van der Waals surface area contributed by atoms with E-state index in [1.807, 2.05) is 17.9 Å². The number of nitrogens with zero attached hydrogens (tertiary/aromatic N) is 5. The minimum atomic E-state index is -0.346. The fraction of sp³-hybridized carbons (Fsp3) is 0.381. The van der Waals surface area contributed by atoms with Crippen molar-refractivity contribution >= 4 is 57.8 Å². The highest BCUT2D eigenvalue weighted by Crippen LogP contribution is 2.32. The van der Waals surface area contributed by atoms with Crippen LogP contribution < -0.4 is 10.5 Å². The lowest BCUT2D eigenvalue weighted by Crippen LogP contribution is -2.49. The molecule has 2 amide bonds. The highest BCUT2D eigenvalue weighted by Gasteiger charge is 2.31. The molecule has 2 saturated heterocycles. The Hall–Kier alpha value is -2.92. The van der Waals surface area contributed by atoms with Crippen LogP contribution in [0.5, 0.6) is 0 Å². The predicted octanol–water partition coefficient (Wildman–Crippen LogP) is 2.11. The molecule has 0 N–H and O–H groups in total. The summed E-state index contributed by atoms with van der Waals surface area (Å²) in [5, 5.41) is 0. The van der Waals surface area contributed by atoms with Gasteiger partial charge in [0.1, 0.15) is 15.8 Å². The number of carbonyl (C=O) groups is 2. The number of rotatable bonds is 3. The fourth-order valence-electron chi connectivity index (χ4n) is 3.61. The number of aryl methyl sites for hydroxylation is 1. The van der Waals surface area contributed by atoms with Gasteiger partial charge in [-0.15, -0.1) is 0 Å². The first-order chi connectivity index (χ1) is 15.3. The van der Waals surface area contributed by atoms with Crippen LogP contribution in [-0.4, -0.2) is 75.3 Å². The van der Waals surface area contributed by atoms with E-state index in [1.165, 1.54) is 9.30 Å². The number of carbonyl (C=O) groups excluding carboxylic acids is 2. The second-order valence-corrected chi connectivity index (χ2v) is 9.18. The van der Waals surface area contributed by atoms with Crippen LogP contribution >= 0.6 is 24.0 Å². The lowest BCUT2D eigenvalue weighted by molar-refractivity contribution is -0.121. The molecule has 0 bridgehead atoms. The van der Waals surface area contributed by atoms with Crippen LogP contribution in [0.15, 0.2) is 28.0 Å². The summed E-state index contributed by atoms with van der Waals surface area (Å²) in [5.41, 5.74) is 1.50.